The highest BCUT2D eigenvalue weighted by Gasteiger charge is 2.14. The van der Waals surface area contributed by atoms with E-state index in [2.05, 4.69) is 26.2 Å². The highest BCUT2D eigenvalue weighted by Crippen LogP contribution is 2.20. The van der Waals surface area contributed by atoms with E-state index in [-0.39, 0.29) is 19.1 Å². The second kappa shape index (κ2) is 8.68. The molecule has 1 N–H and O–H groups in total. The van der Waals surface area contributed by atoms with Gasteiger partial charge in [-0.1, -0.05) is 39.7 Å². The van der Waals surface area contributed by atoms with Gasteiger partial charge in [0, 0.05) is 15.2 Å². The molecule has 0 aliphatic heterocycles. The fourth-order valence-corrected chi connectivity index (χ4v) is 3.36. The number of ether oxygens (including phenoxy) is 1. The van der Waals surface area contributed by atoms with Crippen molar-refractivity contribution in [3.63, 3.8) is 0 Å². The maximum atomic E-state index is 12.6. The number of para-hydroxylation sites is 2. The lowest BCUT2D eigenvalue weighted by molar-refractivity contribution is -0.116. The van der Waals surface area contributed by atoms with Crippen LogP contribution in [0, 0.1) is 0 Å². The summed E-state index contributed by atoms with van der Waals surface area (Å²) >= 11 is 9.31. The highest BCUT2D eigenvalue weighted by molar-refractivity contribution is 9.10. The quantitative estimate of drug-likeness (QED) is 0.395. The predicted molar refractivity (Wildman–Crippen MR) is 118 cm³/mol. The number of fused-ring (bicyclic) bond motifs is 1. The number of imidazole rings is 1. The van der Waals surface area contributed by atoms with E-state index in [1.165, 1.54) is 0 Å². The van der Waals surface area contributed by atoms with Crippen LogP contribution < -0.4 is 10.1 Å². The molecule has 3 aromatic carbocycles. The van der Waals surface area contributed by atoms with Crippen molar-refractivity contribution in [1.29, 1.82) is 0 Å². The number of hydrogen-bond donors (Lipinski definition) is 1. The average Bonchev–Trinajstić information content (AvgIpc) is 3.07. The normalized spacial score (nSPS) is 10.8. The first-order valence-corrected chi connectivity index (χ1v) is 10.1. The van der Waals surface area contributed by atoms with Gasteiger partial charge in [-0.05, 0) is 60.7 Å². The van der Waals surface area contributed by atoms with Crippen molar-refractivity contribution >= 4 is 50.2 Å². The van der Waals surface area contributed by atoms with Crippen molar-refractivity contribution in [2.24, 2.45) is 0 Å². The molecule has 0 aliphatic carbocycles. The van der Waals surface area contributed by atoms with Gasteiger partial charge in [0.25, 0.3) is 0 Å². The van der Waals surface area contributed by atoms with Crippen LogP contribution in [0.3, 0.4) is 0 Å². The van der Waals surface area contributed by atoms with E-state index in [0.717, 1.165) is 21.2 Å². The summed E-state index contributed by atoms with van der Waals surface area (Å²) in [7, 11) is 0. The molecule has 4 aromatic rings. The van der Waals surface area contributed by atoms with E-state index in [4.69, 9.17) is 16.3 Å². The first-order valence-electron chi connectivity index (χ1n) is 8.96. The topological polar surface area (TPSA) is 56.2 Å². The maximum absolute atomic E-state index is 12.6. The van der Waals surface area contributed by atoms with Crippen LogP contribution in [0.4, 0.5) is 5.69 Å². The van der Waals surface area contributed by atoms with Crippen LogP contribution in [0.15, 0.2) is 77.3 Å². The van der Waals surface area contributed by atoms with Crippen LogP contribution in [0.2, 0.25) is 5.02 Å². The minimum atomic E-state index is -0.136. The number of rotatable bonds is 6. The van der Waals surface area contributed by atoms with Crippen molar-refractivity contribution in [3.8, 4) is 5.75 Å². The zero-order chi connectivity index (χ0) is 20.2. The number of anilines is 1. The Morgan fingerprint density at radius 2 is 1.76 bits per heavy atom. The molecule has 0 spiro atoms. The largest absolute Gasteiger partial charge is 0.486 e. The molecule has 1 heterocycles. The standard InChI is InChI=1S/C22H17BrClN3O2/c23-15-5-9-17(10-6-15)25-22(28)13-27-20-4-2-1-3-19(20)26-21(27)14-29-18-11-7-16(24)8-12-18/h1-12H,13-14H2,(H,25,28). The van der Waals surface area contributed by atoms with Crippen molar-refractivity contribution in [1.82, 2.24) is 9.55 Å². The highest BCUT2D eigenvalue weighted by atomic mass is 79.9. The summed E-state index contributed by atoms with van der Waals surface area (Å²) in [5.41, 5.74) is 2.44. The van der Waals surface area contributed by atoms with Crippen LogP contribution >= 0.6 is 27.5 Å². The Kier molecular flexibility index (Phi) is 5.83. The molecule has 7 heteroatoms. The Balaban J connectivity index is 1.55. The van der Waals surface area contributed by atoms with Crippen LogP contribution in [0.25, 0.3) is 11.0 Å². The molecular formula is C22H17BrClN3O2. The van der Waals surface area contributed by atoms with Crippen LogP contribution in [0.5, 0.6) is 5.75 Å². The van der Waals surface area contributed by atoms with Crippen molar-refractivity contribution in [2.75, 3.05) is 5.32 Å². The molecule has 0 saturated carbocycles. The predicted octanol–water partition coefficient (Wildman–Crippen LogP) is 5.67. The number of hydrogen-bond acceptors (Lipinski definition) is 3. The summed E-state index contributed by atoms with van der Waals surface area (Å²) in [5, 5.41) is 3.56. The van der Waals surface area contributed by atoms with Gasteiger partial charge in [0.1, 0.15) is 24.7 Å². The minimum Gasteiger partial charge on any atom is -0.486 e. The van der Waals surface area contributed by atoms with E-state index in [1.807, 2.05) is 53.1 Å². The molecule has 0 bridgehead atoms. The monoisotopic (exact) mass is 469 g/mol. The third-order valence-corrected chi connectivity index (χ3v) is 5.13. The van der Waals surface area contributed by atoms with Crippen LogP contribution in [-0.4, -0.2) is 15.5 Å². The molecule has 5 nitrogen and oxygen atoms in total. The summed E-state index contributed by atoms with van der Waals surface area (Å²) in [6.45, 7) is 0.373. The lowest BCUT2D eigenvalue weighted by atomic mass is 10.3. The SMILES string of the molecule is O=C(Cn1c(COc2ccc(Cl)cc2)nc2ccccc21)Nc1ccc(Br)cc1. The lowest BCUT2D eigenvalue weighted by Crippen LogP contribution is -2.20. The third-order valence-electron chi connectivity index (χ3n) is 4.34. The molecule has 0 radical (unpaired) electrons. The maximum Gasteiger partial charge on any atom is 0.244 e. The van der Waals surface area contributed by atoms with Gasteiger partial charge in [0.2, 0.25) is 5.91 Å². The molecule has 146 valence electrons. The van der Waals surface area contributed by atoms with Gasteiger partial charge >= 0.3 is 0 Å². The fourth-order valence-electron chi connectivity index (χ4n) is 2.97. The van der Waals surface area contributed by atoms with Gasteiger partial charge in [0.05, 0.1) is 11.0 Å². The number of carbonyl (C=O) groups is 1. The molecular weight excluding hydrogens is 454 g/mol. The molecule has 4 rings (SSSR count). The van der Waals surface area contributed by atoms with Gasteiger partial charge in [-0.3, -0.25) is 4.79 Å². The molecule has 1 aromatic heterocycles. The molecule has 0 unspecified atom stereocenters. The Hall–Kier alpha value is -2.83. The third kappa shape index (κ3) is 4.78. The molecule has 0 saturated heterocycles. The average molecular weight is 471 g/mol. The first-order chi connectivity index (χ1) is 14.1. The van der Waals surface area contributed by atoms with E-state index in [1.54, 1.807) is 24.3 Å². The summed E-state index contributed by atoms with van der Waals surface area (Å²) in [5.74, 6) is 1.22. The molecule has 1 amide bonds. The van der Waals surface area contributed by atoms with Crippen LogP contribution in [0.1, 0.15) is 5.82 Å². The van der Waals surface area contributed by atoms with E-state index >= 15 is 0 Å². The van der Waals surface area contributed by atoms with E-state index in [9.17, 15) is 4.79 Å². The Morgan fingerprint density at radius 1 is 1.03 bits per heavy atom. The zero-order valence-corrected chi connectivity index (χ0v) is 17.7. The number of nitrogens with one attached hydrogen (secondary N) is 1. The number of amides is 1. The summed E-state index contributed by atoms with van der Waals surface area (Å²) < 4.78 is 8.68. The Morgan fingerprint density at radius 3 is 2.52 bits per heavy atom. The van der Waals surface area contributed by atoms with Gasteiger partial charge < -0.3 is 14.6 Å². The van der Waals surface area contributed by atoms with Gasteiger partial charge in [-0.25, -0.2) is 4.98 Å². The van der Waals surface area contributed by atoms with Crippen molar-refractivity contribution in [2.45, 2.75) is 13.2 Å². The number of nitrogens with zero attached hydrogens (tertiary/aromatic N) is 2. The fraction of sp³-hybridized carbons (Fsp3) is 0.0909. The molecule has 0 fully saturated rings. The first kappa shape index (κ1) is 19.5. The number of benzene rings is 3. The minimum absolute atomic E-state index is 0.135. The van der Waals surface area contributed by atoms with Gasteiger partial charge in [-0.15, -0.1) is 0 Å². The van der Waals surface area contributed by atoms with Gasteiger partial charge in [-0.2, -0.15) is 0 Å². The number of aromatic nitrogens is 2. The Bertz CT molecular complexity index is 1140. The summed E-state index contributed by atoms with van der Waals surface area (Å²) in [6, 6.07) is 22.3. The molecule has 29 heavy (non-hydrogen) atoms. The number of carbonyl (C=O) groups excluding carboxylic acids is 1. The molecule has 0 aliphatic rings. The molecule has 0 atom stereocenters. The Labute approximate surface area is 181 Å². The van der Waals surface area contributed by atoms with Gasteiger partial charge in [0.15, 0.2) is 0 Å². The second-order valence-corrected chi connectivity index (χ2v) is 7.75. The van der Waals surface area contributed by atoms with Crippen LogP contribution in [-0.2, 0) is 17.9 Å². The lowest BCUT2D eigenvalue weighted by Gasteiger charge is -2.11. The smallest absolute Gasteiger partial charge is 0.244 e. The van der Waals surface area contributed by atoms with Crippen molar-refractivity contribution < 1.29 is 9.53 Å². The second-order valence-electron chi connectivity index (χ2n) is 6.40. The number of halogens is 2. The van der Waals surface area contributed by atoms with E-state index < -0.39 is 0 Å². The summed E-state index contributed by atoms with van der Waals surface area (Å²) in [4.78, 5) is 17.3. The summed E-state index contributed by atoms with van der Waals surface area (Å²) in [6.07, 6.45) is 0. The van der Waals surface area contributed by atoms with E-state index in [0.29, 0.717) is 16.6 Å². The van der Waals surface area contributed by atoms with Crippen molar-refractivity contribution in [3.05, 3.63) is 88.1 Å². The zero-order valence-electron chi connectivity index (χ0n) is 15.3.